The highest BCUT2D eigenvalue weighted by atomic mass is 35.5. The average molecular weight is 464 g/mol. The summed E-state index contributed by atoms with van der Waals surface area (Å²) in [5.41, 5.74) is -0.305. The van der Waals surface area contributed by atoms with Gasteiger partial charge in [0.05, 0.1) is 10.6 Å². The second-order valence-corrected chi connectivity index (χ2v) is 9.73. The molecule has 0 radical (unpaired) electrons. The molecular formula is C21H29ClF3N3OS. The zero-order chi connectivity index (χ0) is 21.8. The van der Waals surface area contributed by atoms with Crippen molar-refractivity contribution in [1.82, 2.24) is 14.5 Å². The van der Waals surface area contributed by atoms with E-state index in [1.54, 1.807) is 0 Å². The van der Waals surface area contributed by atoms with Gasteiger partial charge in [0.1, 0.15) is 5.82 Å². The van der Waals surface area contributed by atoms with Gasteiger partial charge < -0.3 is 5.32 Å². The van der Waals surface area contributed by atoms with E-state index in [1.165, 1.54) is 12.1 Å². The number of hydrogen-bond donors (Lipinski definition) is 1. The predicted octanol–water partition coefficient (Wildman–Crippen LogP) is 4.83. The van der Waals surface area contributed by atoms with Gasteiger partial charge in [0.25, 0.3) is 5.91 Å². The summed E-state index contributed by atoms with van der Waals surface area (Å²) in [7, 11) is 0. The van der Waals surface area contributed by atoms with Gasteiger partial charge in [-0.05, 0) is 37.5 Å². The van der Waals surface area contributed by atoms with Crippen LogP contribution in [0.1, 0.15) is 49.4 Å². The van der Waals surface area contributed by atoms with Gasteiger partial charge >= 0.3 is 0 Å². The van der Waals surface area contributed by atoms with E-state index in [4.69, 9.17) is 11.6 Å². The van der Waals surface area contributed by atoms with E-state index in [9.17, 15) is 18.0 Å². The van der Waals surface area contributed by atoms with Gasteiger partial charge in [-0.15, -0.1) is 0 Å². The lowest BCUT2D eigenvalue weighted by Gasteiger charge is -2.50. The first-order valence-electron chi connectivity index (χ1n) is 10.5. The van der Waals surface area contributed by atoms with Crippen molar-refractivity contribution in [1.29, 1.82) is 0 Å². The molecule has 1 saturated heterocycles. The maximum absolute atomic E-state index is 13.9. The van der Waals surface area contributed by atoms with E-state index < -0.39 is 23.2 Å². The monoisotopic (exact) mass is 463 g/mol. The molecule has 0 spiro atoms. The Morgan fingerprint density at radius 3 is 2.43 bits per heavy atom. The Morgan fingerprint density at radius 2 is 1.83 bits per heavy atom. The van der Waals surface area contributed by atoms with Gasteiger partial charge in [0, 0.05) is 56.9 Å². The second-order valence-electron chi connectivity index (χ2n) is 8.14. The van der Waals surface area contributed by atoms with Crippen molar-refractivity contribution in [3.05, 3.63) is 34.6 Å². The zero-order valence-electron chi connectivity index (χ0n) is 17.2. The Bertz CT molecular complexity index is 734. The van der Waals surface area contributed by atoms with Crippen molar-refractivity contribution >= 4 is 29.5 Å². The molecule has 1 aromatic rings. The largest absolute Gasteiger partial charge is 0.350 e. The first-order chi connectivity index (χ1) is 14.2. The molecule has 1 N–H and O–H groups in total. The number of rotatable bonds is 7. The third kappa shape index (κ3) is 5.84. The Labute approximate surface area is 185 Å². The summed E-state index contributed by atoms with van der Waals surface area (Å²) in [5.74, 6) is -2.49. The lowest BCUT2D eigenvalue weighted by molar-refractivity contribution is -0.0854. The second kappa shape index (κ2) is 10.1. The molecule has 0 unspecified atom stereocenters. The summed E-state index contributed by atoms with van der Waals surface area (Å²) < 4.78 is 43.4. The van der Waals surface area contributed by atoms with Crippen LogP contribution >= 0.6 is 23.5 Å². The van der Waals surface area contributed by atoms with Crippen LogP contribution in [0.5, 0.6) is 0 Å². The normalized spacial score (nSPS) is 22.0. The van der Waals surface area contributed by atoms with E-state index in [2.05, 4.69) is 21.4 Å². The van der Waals surface area contributed by atoms with Crippen LogP contribution in [0.4, 0.5) is 13.2 Å². The molecule has 168 valence electrons. The summed E-state index contributed by atoms with van der Waals surface area (Å²) in [5, 5.41) is 2.93. The van der Waals surface area contributed by atoms with Crippen LogP contribution in [0, 0.1) is 5.82 Å². The van der Waals surface area contributed by atoms with Crippen molar-refractivity contribution in [3.8, 4) is 0 Å². The number of nitrogens with zero attached hydrogens (tertiary/aromatic N) is 2. The van der Waals surface area contributed by atoms with Crippen LogP contribution < -0.4 is 5.32 Å². The lowest BCUT2D eigenvalue weighted by Crippen LogP contribution is -2.62. The summed E-state index contributed by atoms with van der Waals surface area (Å²) >= 11 is 7.84. The SMILES string of the molecule is CCCSN1CCN(C2(CNC(=O)c3ccc(F)cc3Cl)CCC(F)(F)CC2)CC1. The number of benzene rings is 1. The minimum atomic E-state index is -2.65. The van der Waals surface area contributed by atoms with Gasteiger partial charge in [-0.2, -0.15) is 0 Å². The van der Waals surface area contributed by atoms with E-state index >= 15 is 0 Å². The lowest BCUT2D eigenvalue weighted by atomic mass is 9.78. The molecule has 1 aliphatic carbocycles. The average Bonchev–Trinajstić information content (AvgIpc) is 2.72. The molecule has 2 aliphatic rings. The number of carbonyl (C=O) groups excluding carboxylic acids is 1. The Hall–Kier alpha value is -0.960. The van der Waals surface area contributed by atoms with Gasteiger partial charge in [-0.1, -0.05) is 30.5 Å². The molecule has 30 heavy (non-hydrogen) atoms. The number of hydrogen-bond acceptors (Lipinski definition) is 4. The van der Waals surface area contributed by atoms with Crippen LogP contribution in [-0.4, -0.2) is 65.1 Å². The van der Waals surface area contributed by atoms with Crippen molar-refractivity contribution < 1.29 is 18.0 Å². The fourth-order valence-corrected chi connectivity index (χ4v) is 5.33. The van der Waals surface area contributed by atoms with Gasteiger partial charge in [0.15, 0.2) is 0 Å². The highest BCUT2D eigenvalue weighted by molar-refractivity contribution is 7.97. The Balaban J connectivity index is 1.67. The van der Waals surface area contributed by atoms with E-state index in [0.29, 0.717) is 12.8 Å². The molecule has 1 aromatic carbocycles. The summed E-state index contributed by atoms with van der Waals surface area (Å²) in [4.78, 5) is 14.9. The molecule has 1 heterocycles. The fourth-order valence-electron chi connectivity index (χ4n) is 4.21. The summed E-state index contributed by atoms with van der Waals surface area (Å²) in [6, 6.07) is 3.63. The first-order valence-corrected chi connectivity index (χ1v) is 11.8. The minimum Gasteiger partial charge on any atom is -0.350 e. The van der Waals surface area contributed by atoms with Crippen molar-refractivity contribution in [3.63, 3.8) is 0 Å². The maximum atomic E-state index is 13.9. The van der Waals surface area contributed by atoms with Gasteiger partial charge in [0.2, 0.25) is 5.92 Å². The summed E-state index contributed by atoms with van der Waals surface area (Å²) in [6.45, 7) is 5.75. The molecule has 1 saturated carbocycles. The third-order valence-electron chi connectivity index (χ3n) is 6.05. The Morgan fingerprint density at radius 1 is 1.17 bits per heavy atom. The summed E-state index contributed by atoms with van der Waals surface area (Å²) in [6.07, 6.45) is 1.43. The molecule has 0 aromatic heterocycles. The molecule has 4 nitrogen and oxygen atoms in total. The van der Waals surface area contributed by atoms with E-state index in [-0.39, 0.29) is 30.0 Å². The Kier molecular flexibility index (Phi) is 7.98. The number of amides is 1. The van der Waals surface area contributed by atoms with Crippen molar-refractivity contribution in [2.45, 2.75) is 50.5 Å². The number of alkyl halides is 2. The molecular weight excluding hydrogens is 435 g/mol. The maximum Gasteiger partial charge on any atom is 0.252 e. The minimum absolute atomic E-state index is 0.0401. The number of halogens is 4. The quantitative estimate of drug-likeness (QED) is 0.587. The predicted molar refractivity (Wildman–Crippen MR) is 116 cm³/mol. The number of nitrogens with one attached hydrogen (secondary N) is 1. The zero-order valence-corrected chi connectivity index (χ0v) is 18.8. The molecule has 2 fully saturated rings. The van der Waals surface area contributed by atoms with Crippen molar-refractivity contribution in [2.75, 3.05) is 38.5 Å². The molecule has 3 rings (SSSR count). The first kappa shape index (κ1) is 23.7. The third-order valence-corrected chi connectivity index (χ3v) is 7.69. The topological polar surface area (TPSA) is 35.6 Å². The van der Waals surface area contributed by atoms with Gasteiger partial charge in [-0.25, -0.2) is 17.5 Å². The molecule has 0 atom stereocenters. The van der Waals surface area contributed by atoms with E-state index in [1.807, 2.05) is 11.9 Å². The standard InChI is InChI=1S/C21H29ClF3N3OS/c1-2-13-30-28-11-9-27(10-12-28)20(5-7-21(24,25)8-6-20)15-26-19(29)17-4-3-16(23)14-18(17)22/h3-4,14H,2,5-13,15H2,1H3,(H,26,29). The van der Waals surface area contributed by atoms with Crippen LogP contribution in [-0.2, 0) is 0 Å². The highest BCUT2D eigenvalue weighted by Crippen LogP contribution is 2.42. The smallest absolute Gasteiger partial charge is 0.252 e. The van der Waals surface area contributed by atoms with E-state index in [0.717, 1.165) is 44.4 Å². The van der Waals surface area contributed by atoms with Crippen LogP contribution in [0.15, 0.2) is 18.2 Å². The number of carbonyl (C=O) groups is 1. The van der Waals surface area contributed by atoms with Crippen LogP contribution in [0.25, 0.3) is 0 Å². The number of piperazine rings is 1. The molecule has 1 amide bonds. The van der Waals surface area contributed by atoms with Gasteiger partial charge in [-0.3, -0.25) is 9.69 Å². The van der Waals surface area contributed by atoms with Crippen LogP contribution in [0.3, 0.4) is 0 Å². The highest BCUT2D eigenvalue weighted by Gasteiger charge is 2.47. The molecule has 0 bridgehead atoms. The molecule has 9 heteroatoms. The fraction of sp³-hybridized carbons (Fsp3) is 0.667. The van der Waals surface area contributed by atoms with Crippen molar-refractivity contribution in [2.24, 2.45) is 0 Å². The molecule has 1 aliphatic heterocycles. The van der Waals surface area contributed by atoms with Crippen LogP contribution in [0.2, 0.25) is 5.02 Å².